The van der Waals surface area contributed by atoms with E-state index in [9.17, 15) is 19.2 Å². The molecule has 0 amide bonds. The number of carbonyl (C=O) groups is 4. The Labute approximate surface area is 247 Å². The minimum absolute atomic E-state index is 0.316. The van der Waals surface area contributed by atoms with E-state index in [2.05, 4.69) is 47.1 Å². The lowest BCUT2D eigenvalue weighted by Gasteiger charge is -2.44. The average molecular weight is 636 g/mol. The van der Waals surface area contributed by atoms with E-state index in [0.29, 0.717) is 17.7 Å². The number of hydrogen-bond acceptors (Lipinski definition) is 10. The normalized spacial score (nSPS) is 21.9. The fourth-order valence-electron chi connectivity index (χ4n) is 4.74. The molecule has 0 saturated carbocycles. The van der Waals surface area contributed by atoms with E-state index < -0.39 is 54.4 Å². The van der Waals surface area contributed by atoms with Crippen LogP contribution in [0.25, 0.3) is 0 Å². The van der Waals surface area contributed by atoms with Crippen molar-refractivity contribution in [2.45, 2.75) is 78.0 Å². The lowest BCUT2D eigenvalue weighted by molar-refractivity contribution is -0.254. The van der Waals surface area contributed by atoms with Crippen LogP contribution in [0.15, 0.2) is 40.9 Å². The van der Waals surface area contributed by atoms with Gasteiger partial charge in [-0.1, -0.05) is 47.1 Å². The standard InChI is InChI=1S/C30H35BrO10/c1-7-20-8-10-21(11-9-20)12-22-13-23(25(36-6)14-24(22)31)27-29(39-18(4)34)30(40-19(5)35)28(38-17(3)33)26(41-27)15-37-16(2)32/h8-11,13-14,26-30H,7,12,15H2,1-6H3/t26-,27+,28-,29+,30+/m1/s1. The molecule has 0 N–H and O–H groups in total. The second-order valence-corrected chi connectivity index (χ2v) is 10.5. The highest BCUT2D eigenvalue weighted by Crippen LogP contribution is 2.43. The summed E-state index contributed by atoms with van der Waals surface area (Å²) < 4.78 is 34.8. The minimum Gasteiger partial charge on any atom is -0.496 e. The Hall–Kier alpha value is -3.44. The first-order valence-corrected chi connectivity index (χ1v) is 14.0. The molecule has 1 aliphatic heterocycles. The molecule has 5 atom stereocenters. The van der Waals surface area contributed by atoms with Gasteiger partial charge in [0.1, 0.15) is 24.6 Å². The molecule has 2 aromatic rings. The molecule has 222 valence electrons. The van der Waals surface area contributed by atoms with Crippen LogP contribution in [0.2, 0.25) is 0 Å². The van der Waals surface area contributed by atoms with E-state index in [1.807, 2.05) is 6.07 Å². The van der Waals surface area contributed by atoms with Crippen molar-refractivity contribution < 1.29 is 47.6 Å². The lowest BCUT2D eigenvalue weighted by Crippen LogP contribution is -2.59. The lowest BCUT2D eigenvalue weighted by atomic mass is 9.88. The van der Waals surface area contributed by atoms with E-state index >= 15 is 0 Å². The monoisotopic (exact) mass is 634 g/mol. The molecule has 41 heavy (non-hydrogen) atoms. The van der Waals surface area contributed by atoms with Gasteiger partial charge in [0, 0.05) is 37.7 Å². The second kappa shape index (κ2) is 14.5. The van der Waals surface area contributed by atoms with Crippen LogP contribution in [0.3, 0.4) is 0 Å². The van der Waals surface area contributed by atoms with Gasteiger partial charge in [0.2, 0.25) is 0 Å². The van der Waals surface area contributed by atoms with Crippen LogP contribution in [0, 0.1) is 0 Å². The Morgan fingerprint density at radius 2 is 1.37 bits per heavy atom. The molecule has 2 aromatic carbocycles. The molecule has 3 rings (SSSR count). The first kappa shape index (κ1) is 32.1. The molecule has 11 heteroatoms. The summed E-state index contributed by atoms with van der Waals surface area (Å²) in [6.45, 7) is 6.57. The number of methoxy groups -OCH3 is 1. The molecule has 0 aliphatic carbocycles. The largest absolute Gasteiger partial charge is 0.496 e. The molecule has 0 unspecified atom stereocenters. The second-order valence-electron chi connectivity index (χ2n) is 9.65. The molecule has 0 spiro atoms. The smallest absolute Gasteiger partial charge is 0.303 e. The summed E-state index contributed by atoms with van der Waals surface area (Å²) in [7, 11) is 1.49. The van der Waals surface area contributed by atoms with Crippen molar-refractivity contribution in [2.75, 3.05) is 13.7 Å². The SMILES string of the molecule is CCc1ccc(Cc2cc([C@@H]3O[C@H](COC(C)=O)[C@@H](OC(C)=O)[C@H](OC(C)=O)[C@H]3OC(C)=O)c(OC)cc2Br)cc1. The van der Waals surface area contributed by atoms with Crippen LogP contribution in [0.1, 0.15) is 63.0 Å². The van der Waals surface area contributed by atoms with Crippen LogP contribution in [0.5, 0.6) is 5.75 Å². The van der Waals surface area contributed by atoms with E-state index in [-0.39, 0.29) is 6.61 Å². The Balaban J connectivity index is 2.14. The summed E-state index contributed by atoms with van der Waals surface area (Å²) in [5, 5.41) is 0. The summed E-state index contributed by atoms with van der Waals surface area (Å²) in [4.78, 5) is 48.2. The molecule has 0 aromatic heterocycles. The van der Waals surface area contributed by atoms with Crippen LogP contribution >= 0.6 is 15.9 Å². The minimum atomic E-state index is -1.28. The Bertz CT molecular complexity index is 1260. The zero-order valence-corrected chi connectivity index (χ0v) is 25.5. The van der Waals surface area contributed by atoms with Crippen molar-refractivity contribution in [1.29, 1.82) is 0 Å². The van der Waals surface area contributed by atoms with Crippen molar-refractivity contribution >= 4 is 39.8 Å². The predicted octanol–water partition coefficient (Wildman–Crippen LogP) is 4.41. The molecule has 10 nitrogen and oxygen atoms in total. The van der Waals surface area contributed by atoms with E-state index in [0.717, 1.165) is 22.0 Å². The first-order chi connectivity index (χ1) is 19.4. The van der Waals surface area contributed by atoms with Gasteiger partial charge in [-0.15, -0.1) is 0 Å². The van der Waals surface area contributed by atoms with Gasteiger partial charge in [-0.3, -0.25) is 19.2 Å². The molecular weight excluding hydrogens is 600 g/mol. The highest BCUT2D eigenvalue weighted by molar-refractivity contribution is 9.10. The molecule has 1 fully saturated rings. The molecule has 1 saturated heterocycles. The quantitative estimate of drug-likeness (QED) is 0.274. The summed E-state index contributed by atoms with van der Waals surface area (Å²) >= 11 is 3.63. The first-order valence-electron chi connectivity index (χ1n) is 13.2. The van der Waals surface area contributed by atoms with Gasteiger partial charge in [-0.2, -0.15) is 0 Å². The highest BCUT2D eigenvalue weighted by Gasteiger charge is 2.53. The zero-order chi connectivity index (χ0) is 30.3. The van der Waals surface area contributed by atoms with Gasteiger partial charge in [0.25, 0.3) is 0 Å². The number of halogens is 1. The van der Waals surface area contributed by atoms with Crippen LogP contribution in [0.4, 0.5) is 0 Å². The van der Waals surface area contributed by atoms with Gasteiger partial charge in [-0.05, 0) is 41.7 Å². The summed E-state index contributed by atoms with van der Waals surface area (Å²) in [5.41, 5.74) is 3.67. The fraction of sp³-hybridized carbons (Fsp3) is 0.467. The van der Waals surface area contributed by atoms with Crippen molar-refractivity contribution in [1.82, 2.24) is 0 Å². The van der Waals surface area contributed by atoms with Crippen LogP contribution in [-0.4, -0.2) is 62.0 Å². The number of ether oxygens (including phenoxy) is 6. The summed E-state index contributed by atoms with van der Waals surface area (Å²) in [6.07, 6.45) is -4.39. The third kappa shape index (κ3) is 8.53. The summed E-state index contributed by atoms with van der Waals surface area (Å²) in [5.74, 6) is -2.25. The number of benzene rings is 2. The number of carbonyl (C=O) groups excluding carboxylic acids is 4. The van der Waals surface area contributed by atoms with E-state index in [4.69, 9.17) is 28.4 Å². The fourth-order valence-corrected chi connectivity index (χ4v) is 5.21. The molecule has 0 bridgehead atoms. The molecule has 1 heterocycles. The van der Waals surface area contributed by atoms with Crippen LogP contribution < -0.4 is 4.74 Å². The van der Waals surface area contributed by atoms with Crippen LogP contribution in [-0.2, 0) is 55.7 Å². The van der Waals surface area contributed by atoms with Gasteiger partial charge >= 0.3 is 23.9 Å². The maximum atomic E-state index is 12.3. The van der Waals surface area contributed by atoms with E-state index in [1.54, 1.807) is 6.07 Å². The van der Waals surface area contributed by atoms with Crippen molar-refractivity contribution in [2.24, 2.45) is 0 Å². The van der Waals surface area contributed by atoms with Gasteiger partial charge in [0.05, 0.1) is 7.11 Å². The molecule has 0 radical (unpaired) electrons. The Kier molecular flexibility index (Phi) is 11.3. The zero-order valence-electron chi connectivity index (χ0n) is 23.9. The maximum Gasteiger partial charge on any atom is 0.303 e. The van der Waals surface area contributed by atoms with Crippen molar-refractivity contribution in [3.05, 3.63) is 63.1 Å². The molecular formula is C30H35BrO10. The predicted molar refractivity (Wildman–Crippen MR) is 150 cm³/mol. The van der Waals surface area contributed by atoms with Gasteiger partial charge in [-0.25, -0.2) is 0 Å². The van der Waals surface area contributed by atoms with Crippen molar-refractivity contribution in [3.8, 4) is 5.75 Å². The maximum absolute atomic E-state index is 12.3. The number of rotatable bonds is 10. The van der Waals surface area contributed by atoms with Gasteiger partial charge < -0.3 is 28.4 Å². The summed E-state index contributed by atoms with van der Waals surface area (Å²) in [6, 6.07) is 11.9. The van der Waals surface area contributed by atoms with E-state index in [1.165, 1.54) is 40.4 Å². The van der Waals surface area contributed by atoms with Gasteiger partial charge in [0.15, 0.2) is 18.3 Å². The van der Waals surface area contributed by atoms with Crippen molar-refractivity contribution in [3.63, 3.8) is 0 Å². The Morgan fingerprint density at radius 3 is 1.90 bits per heavy atom. The average Bonchev–Trinajstić information content (AvgIpc) is 2.90. The molecule has 1 aliphatic rings. The topological polar surface area (TPSA) is 124 Å². The number of esters is 4. The Morgan fingerprint density at radius 1 is 0.805 bits per heavy atom. The number of hydrogen-bond donors (Lipinski definition) is 0. The highest BCUT2D eigenvalue weighted by atomic mass is 79.9. The number of aryl methyl sites for hydroxylation is 1. The third-order valence-electron chi connectivity index (χ3n) is 6.52. The third-order valence-corrected chi connectivity index (χ3v) is 7.26.